The summed E-state index contributed by atoms with van der Waals surface area (Å²) in [5.74, 6) is 0.769. The molecule has 1 amide bonds. The van der Waals surface area contributed by atoms with Gasteiger partial charge in [0.2, 0.25) is 0 Å². The number of methoxy groups -OCH3 is 1. The third-order valence-electron chi connectivity index (χ3n) is 4.50. The van der Waals surface area contributed by atoms with Gasteiger partial charge in [0.25, 0.3) is 5.91 Å². The van der Waals surface area contributed by atoms with Crippen molar-refractivity contribution >= 4 is 17.3 Å². The Morgan fingerprint density at radius 3 is 3.00 bits per heavy atom. The number of ether oxygens (including phenoxy) is 1. The SMILES string of the molecule is C=C1C[C@H]2Nc3cc(NCCCCC)c(OC)cc3C(=O)N2C1. The van der Waals surface area contributed by atoms with Crippen LogP contribution in [0.25, 0.3) is 0 Å². The van der Waals surface area contributed by atoms with Crippen molar-refractivity contribution in [3.8, 4) is 5.75 Å². The van der Waals surface area contributed by atoms with E-state index in [4.69, 9.17) is 4.74 Å². The van der Waals surface area contributed by atoms with E-state index in [-0.39, 0.29) is 12.1 Å². The quantitative estimate of drug-likeness (QED) is 0.623. The minimum Gasteiger partial charge on any atom is -0.495 e. The first-order valence-corrected chi connectivity index (χ1v) is 8.34. The lowest BCUT2D eigenvalue weighted by molar-refractivity contribution is 0.0743. The molecule has 124 valence electrons. The Balaban J connectivity index is 1.84. The van der Waals surface area contributed by atoms with Crippen molar-refractivity contribution in [2.45, 2.75) is 38.8 Å². The van der Waals surface area contributed by atoms with Gasteiger partial charge in [-0.3, -0.25) is 4.79 Å². The molecule has 1 atom stereocenters. The molecular weight excluding hydrogens is 290 g/mol. The zero-order valence-corrected chi connectivity index (χ0v) is 13.9. The summed E-state index contributed by atoms with van der Waals surface area (Å²) in [7, 11) is 1.64. The zero-order valence-electron chi connectivity index (χ0n) is 13.9. The lowest BCUT2D eigenvalue weighted by atomic mass is 10.1. The maximum absolute atomic E-state index is 12.7. The van der Waals surface area contributed by atoms with Crippen molar-refractivity contribution in [1.82, 2.24) is 4.90 Å². The molecule has 1 fully saturated rings. The first kappa shape index (κ1) is 15.7. The smallest absolute Gasteiger partial charge is 0.258 e. The summed E-state index contributed by atoms with van der Waals surface area (Å²) in [6, 6.07) is 3.83. The van der Waals surface area contributed by atoms with Crippen LogP contribution in [0.4, 0.5) is 11.4 Å². The Hall–Kier alpha value is -2.17. The van der Waals surface area contributed by atoms with Gasteiger partial charge in [0, 0.05) is 19.5 Å². The van der Waals surface area contributed by atoms with Crippen LogP contribution < -0.4 is 15.4 Å². The van der Waals surface area contributed by atoms with Gasteiger partial charge in [-0.1, -0.05) is 31.9 Å². The Morgan fingerprint density at radius 1 is 1.43 bits per heavy atom. The average molecular weight is 315 g/mol. The molecule has 0 saturated carbocycles. The van der Waals surface area contributed by atoms with E-state index in [1.54, 1.807) is 7.11 Å². The molecule has 3 rings (SSSR count). The largest absolute Gasteiger partial charge is 0.495 e. The van der Waals surface area contributed by atoms with E-state index in [0.29, 0.717) is 17.9 Å². The van der Waals surface area contributed by atoms with Crippen LogP contribution in [-0.4, -0.2) is 37.2 Å². The molecule has 0 aliphatic carbocycles. The number of benzene rings is 1. The number of anilines is 2. The van der Waals surface area contributed by atoms with Crippen molar-refractivity contribution in [3.05, 3.63) is 29.8 Å². The van der Waals surface area contributed by atoms with Crippen LogP contribution in [0.3, 0.4) is 0 Å². The number of hydrogen-bond acceptors (Lipinski definition) is 4. The number of nitrogens with zero attached hydrogens (tertiary/aromatic N) is 1. The molecular formula is C18H25N3O2. The van der Waals surface area contributed by atoms with Crippen LogP contribution in [-0.2, 0) is 0 Å². The fraction of sp³-hybridized carbons (Fsp3) is 0.500. The second-order valence-corrected chi connectivity index (χ2v) is 6.28. The van der Waals surface area contributed by atoms with Crippen molar-refractivity contribution < 1.29 is 9.53 Å². The monoisotopic (exact) mass is 315 g/mol. The van der Waals surface area contributed by atoms with Crippen molar-refractivity contribution in [2.24, 2.45) is 0 Å². The van der Waals surface area contributed by atoms with Crippen LogP contribution in [0.15, 0.2) is 24.3 Å². The van der Waals surface area contributed by atoms with Gasteiger partial charge in [-0.05, 0) is 18.6 Å². The summed E-state index contributed by atoms with van der Waals surface area (Å²) in [6.45, 7) is 7.74. The van der Waals surface area contributed by atoms with E-state index >= 15 is 0 Å². The lowest BCUT2D eigenvalue weighted by Gasteiger charge is -2.33. The summed E-state index contributed by atoms with van der Waals surface area (Å²) in [5, 5.41) is 6.89. The number of carbonyl (C=O) groups excluding carboxylic acids is 1. The maximum Gasteiger partial charge on any atom is 0.258 e. The van der Waals surface area contributed by atoms with Gasteiger partial charge in [0.1, 0.15) is 11.9 Å². The molecule has 1 aromatic rings. The van der Waals surface area contributed by atoms with Crippen molar-refractivity contribution in [3.63, 3.8) is 0 Å². The van der Waals surface area contributed by atoms with Crippen molar-refractivity contribution in [2.75, 3.05) is 30.8 Å². The molecule has 2 heterocycles. The van der Waals surface area contributed by atoms with E-state index in [0.717, 1.165) is 36.3 Å². The number of carbonyl (C=O) groups is 1. The standard InChI is InChI=1S/C18H25N3O2/c1-4-5-6-7-19-15-10-14-13(9-16(15)23-3)18(22)21-11-12(2)8-17(21)20-14/h9-10,17,19-20H,2,4-8,11H2,1,3H3/t17-/m0/s1. The highest BCUT2D eigenvalue weighted by Crippen LogP contribution is 2.38. The molecule has 23 heavy (non-hydrogen) atoms. The highest BCUT2D eigenvalue weighted by atomic mass is 16.5. The minimum atomic E-state index is 0.0313. The van der Waals surface area contributed by atoms with Crippen LogP contribution in [0.2, 0.25) is 0 Å². The van der Waals surface area contributed by atoms with Gasteiger partial charge >= 0.3 is 0 Å². The maximum atomic E-state index is 12.7. The summed E-state index contributed by atoms with van der Waals surface area (Å²) in [4.78, 5) is 14.5. The predicted molar refractivity (Wildman–Crippen MR) is 93.2 cm³/mol. The molecule has 0 unspecified atom stereocenters. The Bertz CT molecular complexity index is 627. The van der Waals surface area contributed by atoms with Gasteiger partial charge in [0.05, 0.1) is 24.0 Å². The van der Waals surface area contributed by atoms with E-state index in [9.17, 15) is 4.79 Å². The van der Waals surface area contributed by atoms with E-state index in [1.165, 1.54) is 12.8 Å². The number of rotatable bonds is 6. The highest BCUT2D eigenvalue weighted by Gasteiger charge is 2.37. The Morgan fingerprint density at radius 2 is 2.26 bits per heavy atom. The van der Waals surface area contributed by atoms with Gasteiger partial charge < -0.3 is 20.3 Å². The van der Waals surface area contributed by atoms with Crippen LogP contribution in [0.1, 0.15) is 43.0 Å². The molecule has 5 nitrogen and oxygen atoms in total. The fourth-order valence-electron chi connectivity index (χ4n) is 3.26. The molecule has 0 radical (unpaired) electrons. The molecule has 5 heteroatoms. The number of amides is 1. The third kappa shape index (κ3) is 3.00. The topological polar surface area (TPSA) is 53.6 Å². The van der Waals surface area contributed by atoms with E-state index < -0.39 is 0 Å². The summed E-state index contributed by atoms with van der Waals surface area (Å²) >= 11 is 0. The van der Waals surface area contributed by atoms with Crippen LogP contribution in [0, 0.1) is 0 Å². The highest BCUT2D eigenvalue weighted by molar-refractivity contribution is 6.03. The Kier molecular flexibility index (Phi) is 4.46. The first-order chi connectivity index (χ1) is 11.1. The van der Waals surface area contributed by atoms with E-state index in [2.05, 4.69) is 24.1 Å². The minimum absolute atomic E-state index is 0.0313. The zero-order chi connectivity index (χ0) is 16.4. The lowest BCUT2D eigenvalue weighted by Crippen LogP contribution is -2.44. The summed E-state index contributed by atoms with van der Waals surface area (Å²) in [5.41, 5.74) is 3.58. The van der Waals surface area contributed by atoms with Gasteiger partial charge in [-0.15, -0.1) is 0 Å². The van der Waals surface area contributed by atoms with E-state index in [1.807, 2.05) is 17.0 Å². The van der Waals surface area contributed by atoms with Gasteiger partial charge in [-0.25, -0.2) is 0 Å². The molecule has 2 aliphatic heterocycles. The molecule has 0 aromatic heterocycles. The second-order valence-electron chi connectivity index (χ2n) is 6.28. The molecule has 1 saturated heterocycles. The summed E-state index contributed by atoms with van der Waals surface area (Å²) in [6.07, 6.45) is 4.37. The molecule has 2 N–H and O–H groups in total. The van der Waals surface area contributed by atoms with Gasteiger partial charge in [0.15, 0.2) is 0 Å². The number of hydrogen-bond donors (Lipinski definition) is 2. The predicted octanol–water partition coefficient (Wildman–Crippen LogP) is 3.45. The number of nitrogens with one attached hydrogen (secondary N) is 2. The van der Waals surface area contributed by atoms with Crippen LogP contribution in [0.5, 0.6) is 5.75 Å². The van der Waals surface area contributed by atoms with Crippen molar-refractivity contribution in [1.29, 1.82) is 0 Å². The van der Waals surface area contributed by atoms with Gasteiger partial charge in [-0.2, -0.15) is 0 Å². The van der Waals surface area contributed by atoms with Crippen LogP contribution >= 0.6 is 0 Å². The molecule has 1 aromatic carbocycles. The third-order valence-corrected chi connectivity index (χ3v) is 4.50. The normalized spacial score (nSPS) is 19.2. The first-order valence-electron chi connectivity index (χ1n) is 8.34. The average Bonchev–Trinajstić information content (AvgIpc) is 2.92. The second kappa shape index (κ2) is 6.52. The molecule has 0 spiro atoms. The number of unbranched alkanes of at least 4 members (excludes halogenated alkanes) is 2. The molecule has 0 bridgehead atoms. The molecule has 2 aliphatic rings. The Labute approximate surface area is 137 Å². The fourth-order valence-corrected chi connectivity index (χ4v) is 3.26. The summed E-state index contributed by atoms with van der Waals surface area (Å²) < 4.78 is 5.47. The number of fused-ring (bicyclic) bond motifs is 2.